The van der Waals surface area contributed by atoms with Gasteiger partial charge in [0.25, 0.3) is 0 Å². The van der Waals surface area contributed by atoms with Gasteiger partial charge < -0.3 is 10.2 Å². The molecule has 1 unspecified atom stereocenters. The van der Waals surface area contributed by atoms with Gasteiger partial charge in [-0.05, 0) is 51.0 Å². The summed E-state index contributed by atoms with van der Waals surface area (Å²) in [6.07, 6.45) is -0.149. The number of halogens is 3. The van der Waals surface area contributed by atoms with Crippen molar-refractivity contribution in [2.24, 2.45) is 11.8 Å². The van der Waals surface area contributed by atoms with Crippen molar-refractivity contribution in [2.75, 3.05) is 19.6 Å². The fourth-order valence-electron chi connectivity index (χ4n) is 2.29. The Morgan fingerprint density at radius 2 is 1.95 bits per heavy atom. The topological polar surface area (TPSA) is 32.3 Å². The molecule has 0 aromatic carbocycles. The lowest BCUT2D eigenvalue weighted by atomic mass is 10.1. The number of rotatable bonds is 7. The van der Waals surface area contributed by atoms with Crippen molar-refractivity contribution in [3.8, 4) is 0 Å². The lowest BCUT2D eigenvalue weighted by Gasteiger charge is -2.30. The molecule has 3 nitrogen and oxygen atoms in total. The van der Waals surface area contributed by atoms with E-state index in [0.29, 0.717) is 5.92 Å². The summed E-state index contributed by atoms with van der Waals surface area (Å²) in [6, 6.07) is -0.308. The Morgan fingerprint density at radius 1 is 1.32 bits per heavy atom. The molecular formula is C13H21F3N2O. The number of carbonyl (C=O) groups excluding carboxylic acids is 1. The van der Waals surface area contributed by atoms with E-state index < -0.39 is 18.6 Å². The third-order valence-electron chi connectivity index (χ3n) is 3.87. The van der Waals surface area contributed by atoms with E-state index in [1.165, 1.54) is 0 Å². The first-order valence-electron chi connectivity index (χ1n) is 6.94. The van der Waals surface area contributed by atoms with E-state index in [-0.39, 0.29) is 18.5 Å². The van der Waals surface area contributed by atoms with Crippen LogP contribution in [0.1, 0.15) is 32.6 Å². The van der Waals surface area contributed by atoms with Gasteiger partial charge >= 0.3 is 6.18 Å². The van der Waals surface area contributed by atoms with Gasteiger partial charge in [0.15, 0.2) is 0 Å². The van der Waals surface area contributed by atoms with E-state index in [1.807, 2.05) is 0 Å². The van der Waals surface area contributed by atoms with Crippen LogP contribution in [-0.4, -0.2) is 42.7 Å². The molecule has 0 saturated heterocycles. The summed E-state index contributed by atoms with van der Waals surface area (Å²) in [4.78, 5) is 13.0. The minimum absolute atomic E-state index is 0.0175. The molecule has 0 aromatic heterocycles. The van der Waals surface area contributed by atoms with Crippen molar-refractivity contribution in [1.29, 1.82) is 0 Å². The number of amides is 1. The largest absolute Gasteiger partial charge is 0.406 e. The molecule has 0 heterocycles. The Kier molecular flexibility index (Phi) is 4.38. The first kappa shape index (κ1) is 14.6. The number of nitrogens with one attached hydrogen (secondary N) is 1. The average Bonchev–Trinajstić information content (AvgIpc) is 3.13. The zero-order valence-electron chi connectivity index (χ0n) is 11.2. The summed E-state index contributed by atoms with van der Waals surface area (Å²) in [5, 5.41) is 2.97. The molecule has 1 amide bonds. The summed E-state index contributed by atoms with van der Waals surface area (Å²) in [7, 11) is 0. The van der Waals surface area contributed by atoms with Crippen LogP contribution in [0.2, 0.25) is 0 Å². The summed E-state index contributed by atoms with van der Waals surface area (Å²) >= 11 is 0. The molecule has 0 radical (unpaired) electrons. The molecule has 19 heavy (non-hydrogen) atoms. The fraction of sp³-hybridized carbons (Fsp3) is 0.923. The van der Waals surface area contributed by atoms with E-state index >= 15 is 0 Å². The normalized spacial score (nSPS) is 21.3. The molecule has 1 N–H and O–H groups in total. The molecule has 2 saturated carbocycles. The smallest absolute Gasteiger partial charge is 0.330 e. The van der Waals surface area contributed by atoms with Gasteiger partial charge in [-0.1, -0.05) is 0 Å². The molecule has 6 heteroatoms. The predicted molar refractivity (Wildman–Crippen MR) is 65.5 cm³/mol. The SMILES string of the molecule is CC(C1CC1)N(CC(F)(F)F)C(=O)CNCC1CC1. The molecule has 2 rings (SSSR count). The predicted octanol–water partition coefficient (Wildman–Crippen LogP) is 2.18. The van der Waals surface area contributed by atoms with Crippen molar-refractivity contribution in [3.05, 3.63) is 0 Å². The third kappa shape index (κ3) is 5.01. The van der Waals surface area contributed by atoms with E-state index in [9.17, 15) is 18.0 Å². The minimum Gasteiger partial charge on any atom is -0.330 e. The number of hydrogen-bond donors (Lipinski definition) is 1. The van der Waals surface area contributed by atoms with E-state index in [4.69, 9.17) is 0 Å². The second-order valence-electron chi connectivity index (χ2n) is 5.79. The molecule has 2 aliphatic rings. The van der Waals surface area contributed by atoms with Gasteiger partial charge in [-0.3, -0.25) is 4.79 Å². The zero-order chi connectivity index (χ0) is 14.0. The second-order valence-corrected chi connectivity index (χ2v) is 5.79. The summed E-state index contributed by atoms with van der Waals surface area (Å²) < 4.78 is 37.7. The fourth-order valence-corrected chi connectivity index (χ4v) is 2.29. The van der Waals surface area contributed by atoms with Crippen molar-refractivity contribution in [2.45, 2.75) is 44.8 Å². The van der Waals surface area contributed by atoms with E-state index in [0.717, 1.165) is 37.1 Å². The highest BCUT2D eigenvalue weighted by Gasteiger charge is 2.40. The molecular weight excluding hydrogens is 257 g/mol. The maximum absolute atomic E-state index is 12.6. The maximum Gasteiger partial charge on any atom is 0.406 e. The zero-order valence-corrected chi connectivity index (χ0v) is 11.2. The lowest BCUT2D eigenvalue weighted by molar-refractivity contribution is -0.165. The highest BCUT2D eigenvalue weighted by atomic mass is 19.4. The molecule has 0 aromatic rings. The molecule has 2 fully saturated rings. The van der Waals surface area contributed by atoms with Crippen LogP contribution in [0, 0.1) is 11.8 Å². The lowest BCUT2D eigenvalue weighted by Crippen LogP contribution is -2.48. The quantitative estimate of drug-likeness (QED) is 0.774. The summed E-state index contributed by atoms with van der Waals surface area (Å²) in [6.45, 7) is 1.35. The van der Waals surface area contributed by atoms with Gasteiger partial charge in [-0.25, -0.2) is 0 Å². The third-order valence-corrected chi connectivity index (χ3v) is 3.87. The van der Waals surface area contributed by atoms with Crippen molar-refractivity contribution in [1.82, 2.24) is 10.2 Å². The van der Waals surface area contributed by atoms with Crippen LogP contribution in [0.4, 0.5) is 13.2 Å². The Morgan fingerprint density at radius 3 is 2.42 bits per heavy atom. The molecule has 0 bridgehead atoms. The van der Waals surface area contributed by atoms with Crippen LogP contribution in [-0.2, 0) is 4.79 Å². The first-order valence-corrected chi connectivity index (χ1v) is 6.94. The van der Waals surface area contributed by atoms with Crippen LogP contribution in [0.15, 0.2) is 0 Å². The number of alkyl halides is 3. The molecule has 0 aliphatic heterocycles. The summed E-state index contributed by atoms with van der Waals surface area (Å²) in [5.74, 6) is 0.428. The van der Waals surface area contributed by atoms with Crippen molar-refractivity contribution < 1.29 is 18.0 Å². The Bertz CT molecular complexity index is 324. The Hall–Kier alpha value is -0.780. The van der Waals surface area contributed by atoms with Gasteiger partial charge in [0.05, 0.1) is 6.54 Å². The molecule has 2 aliphatic carbocycles. The van der Waals surface area contributed by atoms with Crippen molar-refractivity contribution >= 4 is 5.91 Å². The van der Waals surface area contributed by atoms with Crippen LogP contribution in [0.25, 0.3) is 0 Å². The summed E-state index contributed by atoms with van der Waals surface area (Å²) in [5.41, 5.74) is 0. The van der Waals surface area contributed by atoms with Gasteiger partial charge in [-0.15, -0.1) is 0 Å². The number of nitrogens with zero attached hydrogens (tertiary/aromatic N) is 1. The van der Waals surface area contributed by atoms with E-state index in [2.05, 4.69) is 5.32 Å². The average molecular weight is 278 g/mol. The van der Waals surface area contributed by atoms with Gasteiger partial charge in [-0.2, -0.15) is 13.2 Å². The minimum atomic E-state index is -4.32. The van der Waals surface area contributed by atoms with Crippen LogP contribution >= 0.6 is 0 Å². The Labute approximate surface area is 111 Å². The number of carbonyl (C=O) groups is 1. The first-order chi connectivity index (χ1) is 8.87. The highest BCUT2D eigenvalue weighted by Crippen LogP contribution is 2.36. The molecule has 1 atom stereocenters. The van der Waals surface area contributed by atoms with Crippen molar-refractivity contribution in [3.63, 3.8) is 0 Å². The monoisotopic (exact) mass is 278 g/mol. The molecule has 0 spiro atoms. The van der Waals surface area contributed by atoms with Crippen LogP contribution in [0.3, 0.4) is 0 Å². The van der Waals surface area contributed by atoms with Gasteiger partial charge in [0.2, 0.25) is 5.91 Å². The van der Waals surface area contributed by atoms with Crippen LogP contribution < -0.4 is 5.32 Å². The number of hydrogen-bond acceptors (Lipinski definition) is 2. The Balaban J connectivity index is 1.84. The standard InChI is InChI=1S/C13H21F3N2O/c1-9(11-4-5-11)18(8-13(14,15)16)12(19)7-17-6-10-2-3-10/h9-11,17H,2-8H2,1H3. The maximum atomic E-state index is 12.6. The molecule has 110 valence electrons. The highest BCUT2D eigenvalue weighted by molar-refractivity contribution is 5.78. The van der Waals surface area contributed by atoms with Crippen LogP contribution in [0.5, 0.6) is 0 Å². The van der Waals surface area contributed by atoms with Gasteiger partial charge in [0, 0.05) is 6.04 Å². The second kappa shape index (κ2) is 5.69. The van der Waals surface area contributed by atoms with Gasteiger partial charge in [0.1, 0.15) is 6.54 Å². The van der Waals surface area contributed by atoms with E-state index in [1.54, 1.807) is 6.92 Å².